The van der Waals surface area contributed by atoms with E-state index in [9.17, 15) is 9.18 Å². The monoisotopic (exact) mass is 248 g/mol. The number of hydrogen-bond acceptors (Lipinski definition) is 2. The molecule has 0 aromatic heterocycles. The van der Waals surface area contributed by atoms with E-state index in [2.05, 4.69) is 0 Å². The van der Waals surface area contributed by atoms with Crippen LogP contribution in [0.15, 0.2) is 30.3 Å². The second-order valence-electron chi connectivity index (χ2n) is 4.28. The molecule has 2 rings (SSSR count). The zero-order chi connectivity index (χ0) is 13.3. The van der Waals surface area contributed by atoms with Crippen molar-refractivity contribution in [3.63, 3.8) is 0 Å². The van der Waals surface area contributed by atoms with Crippen LogP contribution in [0.2, 0.25) is 0 Å². The lowest BCUT2D eigenvalue weighted by atomic mass is 10.1. The van der Waals surface area contributed by atoms with Gasteiger partial charge in [-0.3, -0.25) is 0 Å². The van der Waals surface area contributed by atoms with Crippen molar-refractivity contribution in [2.75, 3.05) is 0 Å². The van der Waals surface area contributed by atoms with Crippen molar-refractivity contribution in [3.8, 4) is 5.75 Å². The second kappa shape index (κ2) is 4.64. The maximum Gasteiger partial charge on any atom is 0.335 e. The number of fused-ring (bicyclic) bond motifs is 1. The summed E-state index contributed by atoms with van der Waals surface area (Å²) in [6.07, 6.45) is -0.111. The smallest absolute Gasteiger partial charge is 0.335 e. The summed E-state index contributed by atoms with van der Waals surface area (Å²) in [4.78, 5) is 11.0. The molecule has 0 saturated carbocycles. The van der Waals surface area contributed by atoms with E-state index < -0.39 is 11.8 Å². The molecule has 2 aromatic carbocycles. The summed E-state index contributed by atoms with van der Waals surface area (Å²) in [5, 5.41) is 9.85. The molecule has 4 heteroatoms. The van der Waals surface area contributed by atoms with E-state index in [1.807, 2.05) is 13.8 Å². The fourth-order valence-corrected chi connectivity index (χ4v) is 1.79. The number of rotatable bonds is 3. The molecule has 1 N–H and O–H groups in total. The summed E-state index contributed by atoms with van der Waals surface area (Å²) in [7, 11) is 0. The topological polar surface area (TPSA) is 46.5 Å². The standard InChI is InChI=1S/C14H13FO3/c1-8(2)18-13-7-9(14(16)17)6-11-10(13)4-3-5-12(11)15/h3-8H,1-2H3,(H,16,17). The van der Waals surface area contributed by atoms with Crippen molar-refractivity contribution in [1.82, 2.24) is 0 Å². The summed E-state index contributed by atoms with van der Waals surface area (Å²) in [6, 6.07) is 7.32. The number of benzene rings is 2. The molecule has 0 bridgehead atoms. The van der Waals surface area contributed by atoms with Crippen LogP contribution in [0, 0.1) is 5.82 Å². The Hall–Kier alpha value is -2.10. The highest BCUT2D eigenvalue weighted by molar-refractivity contribution is 5.97. The minimum Gasteiger partial charge on any atom is -0.490 e. The van der Waals surface area contributed by atoms with Crippen molar-refractivity contribution in [2.24, 2.45) is 0 Å². The number of carboxylic acid groups (broad SMARTS) is 1. The lowest BCUT2D eigenvalue weighted by Gasteiger charge is -2.13. The summed E-state index contributed by atoms with van der Waals surface area (Å²) in [5.74, 6) is -1.17. The van der Waals surface area contributed by atoms with E-state index in [0.29, 0.717) is 11.1 Å². The highest BCUT2D eigenvalue weighted by Gasteiger charge is 2.13. The van der Waals surface area contributed by atoms with Gasteiger partial charge in [0.1, 0.15) is 11.6 Å². The molecule has 0 radical (unpaired) electrons. The van der Waals surface area contributed by atoms with Crippen molar-refractivity contribution in [1.29, 1.82) is 0 Å². The molecule has 0 fully saturated rings. The summed E-state index contributed by atoms with van der Waals surface area (Å²) in [6.45, 7) is 3.66. The third-order valence-corrected chi connectivity index (χ3v) is 2.51. The van der Waals surface area contributed by atoms with E-state index in [-0.39, 0.29) is 17.1 Å². The van der Waals surface area contributed by atoms with Gasteiger partial charge in [-0.25, -0.2) is 9.18 Å². The molecular weight excluding hydrogens is 235 g/mol. The van der Waals surface area contributed by atoms with Crippen LogP contribution in [0.4, 0.5) is 4.39 Å². The molecule has 3 nitrogen and oxygen atoms in total. The van der Waals surface area contributed by atoms with Crippen LogP contribution in [0.5, 0.6) is 5.75 Å². The average molecular weight is 248 g/mol. The van der Waals surface area contributed by atoms with Gasteiger partial charge in [0.05, 0.1) is 11.7 Å². The molecule has 0 aliphatic rings. The van der Waals surface area contributed by atoms with Crippen molar-refractivity contribution in [3.05, 3.63) is 41.7 Å². The van der Waals surface area contributed by atoms with E-state index in [0.717, 1.165) is 0 Å². The first kappa shape index (κ1) is 12.4. The molecule has 0 spiro atoms. The minimum atomic E-state index is -1.10. The van der Waals surface area contributed by atoms with Gasteiger partial charge in [-0.1, -0.05) is 12.1 Å². The Morgan fingerprint density at radius 3 is 2.61 bits per heavy atom. The zero-order valence-electron chi connectivity index (χ0n) is 10.1. The highest BCUT2D eigenvalue weighted by Crippen LogP contribution is 2.30. The lowest BCUT2D eigenvalue weighted by Crippen LogP contribution is -2.07. The molecule has 94 valence electrons. The number of hydrogen-bond donors (Lipinski definition) is 1. The van der Waals surface area contributed by atoms with Gasteiger partial charge < -0.3 is 9.84 Å². The molecule has 0 unspecified atom stereocenters. The Labute approximate surface area is 104 Å². The average Bonchev–Trinajstić information content (AvgIpc) is 2.29. The van der Waals surface area contributed by atoms with Gasteiger partial charge in [0.2, 0.25) is 0 Å². The molecule has 0 heterocycles. The van der Waals surface area contributed by atoms with Gasteiger partial charge in [0.15, 0.2) is 0 Å². The maximum atomic E-state index is 13.7. The van der Waals surface area contributed by atoms with E-state index in [4.69, 9.17) is 9.84 Å². The first-order valence-corrected chi connectivity index (χ1v) is 5.61. The highest BCUT2D eigenvalue weighted by atomic mass is 19.1. The molecular formula is C14H13FO3. The number of carbonyl (C=O) groups is 1. The van der Waals surface area contributed by atoms with Crippen molar-refractivity contribution < 1.29 is 19.0 Å². The van der Waals surface area contributed by atoms with Gasteiger partial charge in [0, 0.05) is 10.8 Å². The maximum absolute atomic E-state index is 13.7. The third-order valence-electron chi connectivity index (χ3n) is 2.51. The molecule has 0 amide bonds. The normalized spacial score (nSPS) is 10.9. The zero-order valence-corrected chi connectivity index (χ0v) is 10.1. The van der Waals surface area contributed by atoms with Gasteiger partial charge in [-0.05, 0) is 32.0 Å². The van der Waals surface area contributed by atoms with Gasteiger partial charge in [-0.2, -0.15) is 0 Å². The molecule has 0 saturated heterocycles. The van der Waals surface area contributed by atoms with Crippen LogP contribution >= 0.6 is 0 Å². The van der Waals surface area contributed by atoms with Gasteiger partial charge >= 0.3 is 5.97 Å². The van der Waals surface area contributed by atoms with Crippen LogP contribution < -0.4 is 4.74 Å². The number of aromatic carboxylic acids is 1. The Morgan fingerprint density at radius 1 is 1.28 bits per heavy atom. The van der Waals surface area contributed by atoms with E-state index in [1.54, 1.807) is 12.1 Å². The predicted octanol–water partition coefficient (Wildman–Crippen LogP) is 3.46. The van der Waals surface area contributed by atoms with Crippen LogP contribution in [0.1, 0.15) is 24.2 Å². The Bertz CT molecular complexity index is 605. The minimum absolute atomic E-state index is 0.0169. The second-order valence-corrected chi connectivity index (χ2v) is 4.28. The number of ether oxygens (including phenoxy) is 1. The lowest BCUT2D eigenvalue weighted by molar-refractivity contribution is 0.0696. The molecule has 0 aliphatic heterocycles. The van der Waals surface area contributed by atoms with E-state index in [1.165, 1.54) is 18.2 Å². The third kappa shape index (κ3) is 2.27. The van der Waals surface area contributed by atoms with Crippen molar-refractivity contribution >= 4 is 16.7 Å². The molecule has 0 atom stereocenters. The van der Waals surface area contributed by atoms with Gasteiger partial charge in [-0.15, -0.1) is 0 Å². The fourth-order valence-electron chi connectivity index (χ4n) is 1.79. The number of halogens is 1. The fraction of sp³-hybridized carbons (Fsp3) is 0.214. The van der Waals surface area contributed by atoms with Crippen LogP contribution in [0.3, 0.4) is 0 Å². The predicted molar refractivity (Wildman–Crippen MR) is 66.6 cm³/mol. The first-order valence-electron chi connectivity index (χ1n) is 5.61. The Morgan fingerprint density at radius 2 is 2.00 bits per heavy atom. The van der Waals surface area contributed by atoms with Crippen LogP contribution in [-0.4, -0.2) is 17.2 Å². The van der Waals surface area contributed by atoms with E-state index >= 15 is 0 Å². The molecule has 18 heavy (non-hydrogen) atoms. The summed E-state index contributed by atoms with van der Waals surface area (Å²) in [5.41, 5.74) is 0.0169. The largest absolute Gasteiger partial charge is 0.490 e. The van der Waals surface area contributed by atoms with Gasteiger partial charge in [0.25, 0.3) is 0 Å². The molecule has 2 aromatic rings. The van der Waals surface area contributed by atoms with Crippen molar-refractivity contribution in [2.45, 2.75) is 20.0 Å². The van der Waals surface area contributed by atoms with Crippen LogP contribution in [-0.2, 0) is 0 Å². The SMILES string of the molecule is CC(C)Oc1cc(C(=O)O)cc2c(F)cccc12. The Kier molecular flexibility index (Phi) is 3.19. The molecule has 0 aliphatic carbocycles. The Balaban J connectivity index is 2.73. The summed E-state index contributed by atoms with van der Waals surface area (Å²) >= 11 is 0. The number of carboxylic acids is 1. The summed E-state index contributed by atoms with van der Waals surface area (Å²) < 4.78 is 19.2. The van der Waals surface area contributed by atoms with Crippen LogP contribution in [0.25, 0.3) is 10.8 Å². The quantitative estimate of drug-likeness (QED) is 0.904. The first-order chi connectivity index (χ1) is 8.49.